The van der Waals surface area contributed by atoms with E-state index in [0.29, 0.717) is 13.1 Å². The number of thioether (sulfide) groups is 2. The van der Waals surface area contributed by atoms with Crippen molar-refractivity contribution in [3.8, 4) is 0 Å². The van der Waals surface area contributed by atoms with Gasteiger partial charge in [-0.25, -0.2) is 0 Å². The highest BCUT2D eigenvalue weighted by atomic mass is 32.2. The Morgan fingerprint density at radius 3 is 2.40 bits per heavy atom. The number of piperidine rings is 1. The van der Waals surface area contributed by atoms with Crippen LogP contribution in [-0.2, 0) is 0 Å². The number of hydrogen-bond donors (Lipinski definition) is 0. The number of benzene rings is 2. The van der Waals surface area contributed by atoms with Crippen molar-refractivity contribution >= 4 is 35.1 Å². The summed E-state index contributed by atoms with van der Waals surface area (Å²) in [5.41, 5.74) is 0.865. The maximum Gasteiger partial charge on any atom is 0.270 e. The summed E-state index contributed by atoms with van der Waals surface area (Å²) < 4.78 is -0.00891. The van der Waals surface area contributed by atoms with Crippen molar-refractivity contribution in [1.29, 1.82) is 0 Å². The maximum absolute atomic E-state index is 12.6. The fourth-order valence-corrected chi connectivity index (χ4v) is 6.39. The van der Waals surface area contributed by atoms with Crippen LogP contribution < -0.4 is 0 Å². The molecule has 1 spiro atoms. The number of nitrogens with zero attached hydrogens (tertiary/aromatic N) is 2. The molecule has 128 valence electrons. The topological polar surface area (TPSA) is 63.5 Å². The zero-order valence-electron chi connectivity index (χ0n) is 13.4. The van der Waals surface area contributed by atoms with Gasteiger partial charge < -0.3 is 4.90 Å². The molecule has 4 rings (SSSR count). The van der Waals surface area contributed by atoms with Crippen molar-refractivity contribution in [2.24, 2.45) is 0 Å². The molecule has 1 fully saturated rings. The second kappa shape index (κ2) is 6.38. The molecule has 5 nitrogen and oxygen atoms in total. The minimum atomic E-state index is -0.350. The molecule has 25 heavy (non-hydrogen) atoms. The molecule has 2 aliphatic rings. The van der Waals surface area contributed by atoms with Crippen LogP contribution in [0.1, 0.15) is 23.2 Å². The lowest BCUT2D eigenvalue weighted by Gasteiger charge is -2.37. The normalized spacial score (nSPS) is 18.2. The smallest absolute Gasteiger partial charge is 0.270 e. The van der Waals surface area contributed by atoms with Gasteiger partial charge in [-0.05, 0) is 31.0 Å². The molecule has 7 heteroatoms. The van der Waals surface area contributed by atoms with Crippen molar-refractivity contribution in [3.63, 3.8) is 0 Å². The van der Waals surface area contributed by atoms with E-state index in [1.807, 2.05) is 41.3 Å². The number of non-ortho nitro benzene ring substituents is 1. The first-order valence-corrected chi connectivity index (χ1v) is 9.70. The van der Waals surface area contributed by atoms with Gasteiger partial charge in [0, 0.05) is 40.6 Å². The van der Waals surface area contributed by atoms with Crippen molar-refractivity contribution in [1.82, 2.24) is 4.90 Å². The Kier molecular flexibility index (Phi) is 4.21. The van der Waals surface area contributed by atoms with Crippen molar-refractivity contribution in [2.75, 3.05) is 13.1 Å². The lowest BCUT2D eigenvalue weighted by molar-refractivity contribution is -0.385. The molecule has 2 aromatic rings. The van der Waals surface area contributed by atoms with E-state index >= 15 is 0 Å². The molecule has 0 unspecified atom stereocenters. The van der Waals surface area contributed by atoms with Gasteiger partial charge in [-0.2, -0.15) is 0 Å². The first-order chi connectivity index (χ1) is 12.1. The summed E-state index contributed by atoms with van der Waals surface area (Å²) in [5, 5.41) is 11.0. The van der Waals surface area contributed by atoms with Crippen LogP contribution >= 0.6 is 23.5 Å². The van der Waals surface area contributed by atoms with Crippen molar-refractivity contribution in [3.05, 3.63) is 64.2 Å². The van der Waals surface area contributed by atoms with E-state index in [1.54, 1.807) is 35.7 Å². The minimum absolute atomic E-state index is 0.00891. The fraction of sp³-hybridized carbons (Fsp3) is 0.278. The molecule has 0 bridgehead atoms. The number of nitro benzene ring substituents is 1. The monoisotopic (exact) mass is 372 g/mol. The van der Waals surface area contributed by atoms with Crippen LogP contribution in [0.5, 0.6) is 0 Å². The predicted octanol–water partition coefficient (Wildman–Crippen LogP) is 4.43. The first kappa shape index (κ1) is 16.5. The van der Waals surface area contributed by atoms with Gasteiger partial charge >= 0.3 is 0 Å². The van der Waals surface area contributed by atoms with Gasteiger partial charge in [0.2, 0.25) is 0 Å². The van der Waals surface area contributed by atoms with E-state index in [4.69, 9.17) is 0 Å². The first-order valence-electron chi connectivity index (χ1n) is 8.07. The molecule has 2 heterocycles. The Balaban J connectivity index is 1.45. The molecule has 1 saturated heterocycles. The number of likely N-dealkylation sites (tertiary alicyclic amines) is 1. The Hall–Kier alpha value is -1.99. The van der Waals surface area contributed by atoms with Crippen molar-refractivity contribution < 1.29 is 9.72 Å². The molecule has 0 aliphatic carbocycles. The van der Waals surface area contributed by atoms with E-state index in [9.17, 15) is 14.9 Å². The number of rotatable bonds is 2. The van der Waals surface area contributed by atoms with Crippen LogP contribution in [0, 0.1) is 10.1 Å². The van der Waals surface area contributed by atoms with E-state index in [2.05, 4.69) is 0 Å². The van der Waals surface area contributed by atoms with Gasteiger partial charge in [-0.1, -0.05) is 18.2 Å². The summed E-state index contributed by atoms with van der Waals surface area (Å²) in [6.45, 7) is 1.42. The third-order valence-corrected chi connectivity index (χ3v) is 7.89. The highest BCUT2D eigenvalue weighted by molar-refractivity contribution is 8.20. The lowest BCUT2D eigenvalue weighted by atomic mass is 10.1. The average Bonchev–Trinajstić information content (AvgIpc) is 2.99. The summed E-state index contributed by atoms with van der Waals surface area (Å²) in [7, 11) is 0. The summed E-state index contributed by atoms with van der Waals surface area (Å²) in [6, 6.07) is 14.4. The quantitative estimate of drug-likeness (QED) is 0.577. The van der Waals surface area contributed by atoms with E-state index in [0.717, 1.165) is 28.2 Å². The van der Waals surface area contributed by atoms with Crippen LogP contribution in [0.25, 0.3) is 0 Å². The van der Waals surface area contributed by atoms with Gasteiger partial charge in [0.15, 0.2) is 0 Å². The Bertz CT molecular complexity index is 833. The van der Waals surface area contributed by atoms with Crippen LogP contribution in [-0.4, -0.2) is 32.9 Å². The zero-order valence-corrected chi connectivity index (χ0v) is 15.0. The van der Waals surface area contributed by atoms with E-state index in [1.165, 1.54) is 0 Å². The van der Waals surface area contributed by atoms with E-state index in [-0.39, 0.29) is 20.6 Å². The summed E-state index contributed by atoms with van der Waals surface area (Å²) in [6.07, 6.45) is 1.76. The second-order valence-corrected chi connectivity index (χ2v) is 9.27. The summed E-state index contributed by atoms with van der Waals surface area (Å²) in [4.78, 5) is 27.2. The molecule has 0 radical (unpaired) electrons. The van der Waals surface area contributed by atoms with Crippen LogP contribution in [0.2, 0.25) is 0 Å². The molecule has 0 saturated carbocycles. The highest BCUT2D eigenvalue weighted by Crippen LogP contribution is 2.60. The molecule has 2 aliphatic heterocycles. The molecular formula is C18H16N2O3S2. The van der Waals surface area contributed by atoms with Crippen molar-refractivity contribution in [2.45, 2.75) is 26.7 Å². The Morgan fingerprint density at radius 1 is 1.04 bits per heavy atom. The molecule has 1 amide bonds. The Labute approximate surface area is 153 Å². The fourth-order valence-electron chi connectivity index (χ4n) is 3.21. The molecular weight excluding hydrogens is 356 g/mol. The number of carbonyl (C=O) groups excluding carboxylic acids is 1. The largest absolute Gasteiger partial charge is 0.338 e. The Morgan fingerprint density at radius 2 is 1.72 bits per heavy atom. The number of amides is 1. The summed E-state index contributed by atoms with van der Waals surface area (Å²) >= 11 is 3.51. The SMILES string of the molecule is O=C(c1ccccc1)N1CCC2(CC1)Sc1ccc([N+](=O)[O-])cc1S2. The number of carbonyl (C=O) groups is 1. The van der Waals surface area contributed by atoms with Gasteiger partial charge in [-0.3, -0.25) is 14.9 Å². The van der Waals surface area contributed by atoms with Gasteiger partial charge in [0.05, 0.1) is 9.00 Å². The standard InChI is InChI=1S/C18H16N2O3S2/c21-17(13-4-2-1-3-5-13)19-10-8-18(9-11-19)24-15-7-6-14(20(22)23)12-16(15)25-18/h1-7,12H,8-11H2. The molecule has 0 aromatic heterocycles. The average molecular weight is 372 g/mol. The number of fused-ring (bicyclic) bond motifs is 1. The van der Waals surface area contributed by atoms with Gasteiger partial charge in [-0.15, -0.1) is 23.5 Å². The lowest BCUT2D eigenvalue weighted by Crippen LogP contribution is -2.43. The second-order valence-electron chi connectivity index (χ2n) is 6.16. The molecule has 0 N–H and O–H groups in total. The number of hydrogen-bond acceptors (Lipinski definition) is 5. The predicted molar refractivity (Wildman–Crippen MR) is 99.1 cm³/mol. The van der Waals surface area contributed by atoms with Gasteiger partial charge in [0.25, 0.3) is 11.6 Å². The van der Waals surface area contributed by atoms with E-state index < -0.39 is 0 Å². The summed E-state index contributed by atoms with van der Waals surface area (Å²) in [5.74, 6) is 0.0802. The van der Waals surface area contributed by atoms with Crippen LogP contribution in [0.3, 0.4) is 0 Å². The number of nitro groups is 1. The molecule has 2 aromatic carbocycles. The van der Waals surface area contributed by atoms with Gasteiger partial charge in [0.1, 0.15) is 0 Å². The highest BCUT2D eigenvalue weighted by Gasteiger charge is 2.43. The third kappa shape index (κ3) is 3.14. The molecule has 0 atom stereocenters. The van der Waals surface area contributed by atoms with Crippen LogP contribution in [0.4, 0.5) is 5.69 Å². The maximum atomic E-state index is 12.6. The third-order valence-electron chi connectivity index (χ3n) is 4.56. The zero-order chi connectivity index (χ0) is 17.4. The van der Waals surface area contributed by atoms with Crippen LogP contribution in [0.15, 0.2) is 58.3 Å². The minimum Gasteiger partial charge on any atom is -0.338 e.